The van der Waals surface area contributed by atoms with Gasteiger partial charge in [0.05, 0.1) is 10.2 Å². The molecule has 0 spiro atoms. The van der Waals surface area contributed by atoms with Gasteiger partial charge in [0, 0.05) is 15.1 Å². The normalized spacial score (nSPS) is 10.8. The number of aryl methyl sites for hydroxylation is 1. The summed E-state index contributed by atoms with van der Waals surface area (Å²) in [5.74, 6) is 1.69. The van der Waals surface area contributed by atoms with Crippen LogP contribution in [0.15, 0.2) is 38.1 Å². The van der Waals surface area contributed by atoms with E-state index in [0.717, 1.165) is 39.1 Å². The van der Waals surface area contributed by atoms with E-state index in [1.54, 1.807) is 11.8 Å². The van der Waals surface area contributed by atoms with E-state index in [0.29, 0.717) is 4.64 Å². The third-order valence-corrected chi connectivity index (χ3v) is 6.14. The number of hydrogen-bond acceptors (Lipinski definition) is 3. The molecular weight excluding hydrogens is 420 g/mol. The lowest BCUT2D eigenvalue weighted by atomic mass is 10.2. The summed E-state index contributed by atoms with van der Waals surface area (Å²) in [4.78, 5) is 9.02. The second-order valence-electron chi connectivity index (χ2n) is 4.25. The highest BCUT2D eigenvalue weighted by Gasteiger charge is 2.07. The number of aromatic nitrogens is 2. The number of hydrogen-bond donors (Lipinski definition) is 1. The van der Waals surface area contributed by atoms with E-state index in [1.165, 1.54) is 4.90 Å². The fourth-order valence-corrected chi connectivity index (χ4v) is 3.81. The van der Waals surface area contributed by atoms with Gasteiger partial charge in [-0.2, -0.15) is 0 Å². The Morgan fingerprint density at radius 3 is 2.75 bits per heavy atom. The molecule has 0 aliphatic heterocycles. The zero-order valence-electron chi connectivity index (χ0n) is 11.0. The minimum atomic E-state index is 0.634. The molecule has 0 atom stereocenters. The lowest BCUT2D eigenvalue weighted by Gasteiger charge is -2.08. The predicted molar refractivity (Wildman–Crippen MR) is 94.8 cm³/mol. The van der Waals surface area contributed by atoms with Gasteiger partial charge in [-0.25, -0.2) is 4.98 Å². The maximum absolute atomic E-state index is 5.30. The summed E-state index contributed by atoms with van der Waals surface area (Å²) in [7, 11) is 0. The van der Waals surface area contributed by atoms with Crippen molar-refractivity contribution in [1.82, 2.24) is 9.97 Å². The number of H-pyrrole nitrogens is 1. The van der Waals surface area contributed by atoms with E-state index in [2.05, 4.69) is 54.8 Å². The van der Waals surface area contributed by atoms with Gasteiger partial charge in [-0.3, -0.25) is 0 Å². The molecule has 2 aromatic rings. The molecule has 2 rings (SSSR count). The third-order valence-electron chi connectivity index (χ3n) is 2.69. The highest BCUT2D eigenvalue weighted by Crippen LogP contribution is 2.29. The summed E-state index contributed by atoms with van der Waals surface area (Å²) < 4.78 is 2.66. The molecule has 1 heterocycles. The maximum Gasteiger partial charge on any atom is 0.144 e. The zero-order valence-corrected chi connectivity index (χ0v) is 15.8. The van der Waals surface area contributed by atoms with Crippen LogP contribution in [0.2, 0.25) is 0 Å². The van der Waals surface area contributed by atoms with Crippen molar-refractivity contribution in [2.45, 2.75) is 30.4 Å². The summed E-state index contributed by atoms with van der Waals surface area (Å²) >= 11 is 14.1. The zero-order chi connectivity index (χ0) is 14.5. The smallest absolute Gasteiger partial charge is 0.144 e. The molecule has 0 aliphatic rings. The Hall–Kier alpha value is -0.170. The molecular formula is C14H14Br2N2S2. The first-order chi connectivity index (χ1) is 9.61. The fourth-order valence-electron chi connectivity index (χ4n) is 1.76. The molecule has 0 bridgehead atoms. The third kappa shape index (κ3) is 4.16. The molecule has 0 radical (unpaired) electrons. The molecule has 0 aliphatic carbocycles. The number of aromatic amines is 1. The average Bonchev–Trinajstić information content (AvgIpc) is 2.43. The van der Waals surface area contributed by atoms with Crippen molar-refractivity contribution in [2.24, 2.45) is 0 Å². The first kappa shape index (κ1) is 16.2. The molecule has 106 valence electrons. The number of nitrogens with one attached hydrogen (secondary N) is 1. The molecule has 6 heteroatoms. The van der Waals surface area contributed by atoms with Gasteiger partial charge in [-0.1, -0.05) is 37.7 Å². The predicted octanol–water partition coefficient (Wildman–Crippen LogP) is 5.91. The van der Waals surface area contributed by atoms with Crippen LogP contribution in [0.5, 0.6) is 0 Å². The number of benzene rings is 1. The largest absolute Gasteiger partial charge is 0.345 e. The number of thioether (sulfide) groups is 1. The first-order valence-corrected chi connectivity index (χ1v) is 9.24. The molecule has 0 fully saturated rings. The van der Waals surface area contributed by atoms with E-state index in [-0.39, 0.29) is 0 Å². The monoisotopic (exact) mass is 432 g/mol. The highest BCUT2D eigenvalue weighted by atomic mass is 79.9. The fraction of sp³-hybridized carbons (Fsp3) is 0.286. The van der Waals surface area contributed by atoms with Crippen LogP contribution in [0.25, 0.3) is 0 Å². The topological polar surface area (TPSA) is 28.7 Å². The van der Waals surface area contributed by atoms with E-state index < -0.39 is 0 Å². The molecule has 0 amide bonds. The molecule has 0 unspecified atom stereocenters. The summed E-state index contributed by atoms with van der Waals surface area (Å²) in [6.45, 7) is 2.15. The van der Waals surface area contributed by atoms with Gasteiger partial charge in [-0.05, 0) is 50.4 Å². The molecule has 1 N–H and O–H groups in total. The number of halogens is 2. The van der Waals surface area contributed by atoms with Gasteiger partial charge in [0.2, 0.25) is 0 Å². The van der Waals surface area contributed by atoms with Gasteiger partial charge in [0.15, 0.2) is 0 Å². The van der Waals surface area contributed by atoms with Gasteiger partial charge in [-0.15, -0.1) is 11.8 Å². The number of nitrogens with zero attached hydrogens (tertiary/aromatic N) is 1. The van der Waals surface area contributed by atoms with Gasteiger partial charge in [0.25, 0.3) is 0 Å². The van der Waals surface area contributed by atoms with Crippen LogP contribution in [0.1, 0.15) is 24.9 Å². The maximum atomic E-state index is 5.30. The molecule has 0 saturated carbocycles. The van der Waals surface area contributed by atoms with E-state index >= 15 is 0 Å². The first-order valence-electron chi connectivity index (χ1n) is 6.26. The summed E-state index contributed by atoms with van der Waals surface area (Å²) in [5.41, 5.74) is 1.13. The summed E-state index contributed by atoms with van der Waals surface area (Å²) in [6, 6.07) is 8.18. The second-order valence-corrected chi connectivity index (χ2v) is 7.30. The van der Waals surface area contributed by atoms with E-state index in [4.69, 9.17) is 12.2 Å². The Morgan fingerprint density at radius 1 is 1.30 bits per heavy atom. The van der Waals surface area contributed by atoms with Crippen molar-refractivity contribution in [3.8, 4) is 0 Å². The van der Waals surface area contributed by atoms with Gasteiger partial charge < -0.3 is 4.98 Å². The van der Waals surface area contributed by atoms with Crippen molar-refractivity contribution >= 4 is 55.8 Å². The minimum Gasteiger partial charge on any atom is -0.345 e. The van der Waals surface area contributed by atoms with Crippen LogP contribution in [0.4, 0.5) is 0 Å². The van der Waals surface area contributed by atoms with Crippen LogP contribution in [0.3, 0.4) is 0 Å². The van der Waals surface area contributed by atoms with E-state index in [9.17, 15) is 0 Å². The van der Waals surface area contributed by atoms with E-state index in [1.807, 2.05) is 18.2 Å². The van der Waals surface area contributed by atoms with Crippen molar-refractivity contribution in [1.29, 1.82) is 0 Å². The van der Waals surface area contributed by atoms with Gasteiger partial charge >= 0.3 is 0 Å². The van der Waals surface area contributed by atoms with Gasteiger partial charge in [0.1, 0.15) is 10.5 Å². The Morgan fingerprint density at radius 2 is 2.05 bits per heavy atom. The lowest BCUT2D eigenvalue weighted by molar-refractivity contribution is 0.842. The Bertz CT molecular complexity index is 656. The second kappa shape index (κ2) is 7.73. The van der Waals surface area contributed by atoms with Crippen molar-refractivity contribution in [3.63, 3.8) is 0 Å². The minimum absolute atomic E-state index is 0.634. The number of rotatable bonds is 5. The molecule has 1 aromatic carbocycles. The van der Waals surface area contributed by atoms with Crippen molar-refractivity contribution in [3.05, 3.63) is 49.4 Å². The highest BCUT2D eigenvalue weighted by molar-refractivity contribution is 9.10. The molecule has 0 saturated heterocycles. The van der Waals surface area contributed by atoms with Crippen LogP contribution >= 0.6 is 55.8 Å². The SMILES string of the molecule is CCCc1[nH]c(CSc2ccccc2Br)nc(=S)c1Br. The van der Waals surface area contributed by atoms with Crippen molar-refractivity contribution < 1.29 is 0 Å². The quantitative estimate of drug-likeness (QED) is 0.469. The standard InChI is InChI=1S/C14H14Br2N2S2/c1-2-5-10-13(16)14(19)18-12(17-10)8-20-11-7-4-3-6-9(11)15/h3-4,6-7H,2,5,8H2,1H3,(H,17,18,19). The molecule has 2 nitrogen and oxygen atoms in total. The Labute approximate surface area is 145 Å². The van der Waals surface area contributed by atoms with Crippen LogP contribution in [-0.4, -0.2) is 9.97 Å². The van der Waals surface area contributed by atoms with Crippen LogP contribution < -0.4 is 0 Å². The molecule has 20 heavy (non-hydrogen) atoms. The van der Waals surface area contributed by atoms with Crippen molar-refractivity contribution in [2.75, 3.05) is 0 Å². The Balaban J connectivity index is 2.18. The van der Waals surface area contributed by atoms with Crippen LogP contribution in [0, 0.1) is 4.64 Å². The summed E-state index contributed by atoms with van der Waals surface area (Å²) in [5, 5.41) is 0. The average molecular weight is 434 g/mol. The van der Waals surface area contributed by atoms with Crippen LogP contribution in [-0.2, 0) is 12.2 Å². The summed E-state index contributed by atoms with van der Waals surface area (Å²) in [6.07, 6.45) is 2.05. The lowest BCUT2D eigenvalue weighted by Crippen LogP contribution is -2.00. The molecule has 1 aromatic heterocycles. The Kier molecular flexibility index (Phi) is 6.26.